The number of halogens is 1. The van der Waals surface area contributed by atoms with Crippen LogP contribution in [0.25, 0.3) is 0 Å². The van der Waals surface area contributed by atoms with Crippen molar-refractivity contribution < 1.29 is 28.2 Å². The molecule has 9 nitrogen and oxygen atoms in total. The fourth-order valence-corrected chi connectivity index (χ4v) is 2.71. The van der Waals surface area contributed by atoms with Crippen molar-refractivity contribution in [2.24, 2.45) is 0 Å². The first-order valence-corrected chi connectivity index (χ1v) is 8.82. The highest BCUT2D eigenvalue weighted by atomic mass is 35.5. The molecule has 0 aliphatic carbocycles. The summed E-state index contributed by atoms with van der Waals surface area (Å²) in [7, 11) is 2.91. The molecule has 0 saturated heterocycles. The highest BCUT2D eigenvalue weighted by molar-refractivity contribution is 6.32. The molecule has 2 heterocycles. The summed E-state index contributed by atoms with van der Waals surface area (Å²) in [6.45, 7) is -0.139. The summed E-state index contributed by atoms with van der Waals surface area (Å²) in [6, 6.07) is 7.91. The van der Waals surface area contributed by atoms with E-state index in [9.17, 15) is 9.59 Å². The first kappa shape index (κ1) is 20.3. The minimum absolute atomic E-state index is 0.00923. The molecule has 0 bridgehead atoms. The van der Waals surface area contributed by atoms with E-state index in [2.05, 4.69) is 10.4 Å². The maximum absolute atomic E-state index is 12.1. The molecule has 0 fully saturated rings. The van der Waals surface area contributed by atoms with Crippen LogP contribution in [0.2, 0.25) is 5.02 Å². The molecule has 1 amide bonds. The van der Waals surface area contributed by atoms with E-state index in [-0.39, 0.29) is 5.76 Å². The van der Waals surface area contributed by atoms with Crippen LogP contribution in [0.5, 0.6) is 11.5 Å². The fourth-order valence-electron chi connectivity index (χ4n) is 2.47. The molecule has 10 heteroatoms. The molecule has 3 rings (SSSR count). The van der Waals surface area contributed by atoms with Crippen LogP contribution in [0, 0.1) is 0 Å². The molecule has 0 aliphatic rings. The van der Waals surface area contributed by atoms with Gasteiger partial charge in [-0.2, -0.15) is 5.10 Å². The highest BCUT2D eigenvalue weighted by Crippen LogP contribution is 2.35. The molecule has 0 atom stereocenters. The number of nitrogens with zero attached hydrogens (tertiary/aromatic N) is 2. The van der Waals surface area contributed by atoms with Crippen molar-refractivity contribution in [1.29, 1.82) is 0 Å². The molecule has 3 aromatic rings. The van der Waals surface area contributed by atoms with Crippen molar-refractivity contribution >= 4 is 29.2 Å². The summed E-state index contributed by atoms with van der Waals surface area (Å²) in [5, 5.41) is 6.92. The van der Waals surface area contributed by atoms with Gasteiger partial charge in [0.25, 0.3) is 5.91 Å². The first-order valence-electron chi connectivity index (χ1n) is 8.44. The third-order valence-corrected chi connectivity index (χ3v) is 4.12. The molecule has 0 spiro atoms. The van der Waals surface area contributed by atoms with Crippen molar-refractivity contribution in [1.82, 2.24) is 9.78 Å². The molecule has 29 heavy (non-hydrogen) atoms. The second-order valence-electron chi connectivity index (χ2n) is 5.78. The Morgan fingerprint density at radius 3 is 2.69 bits per heavy atom. The van der Waals surface area contributed by atoms with Gasteiger partial charge in [0, 0.05) is 18.5 Å². The van der Waals surface area contributed by atoms with Crippen molar-refractivity contribution in [3.63, 3.8) is 0 Å². The number of amides is 1. The minimum Gasteiger partial charge on any atom is -0.495 e. The quantitative estimate of drug-likeness (QED) is 0.559. The lowest BCUT2D eigenvalue weighted by Crippen LogP contribution is -2.21. The zero-order chi connectivity index (χ0) is 20.8. The number of hydrogen-bond donors (Lipinski definition) is 1. The van der Waals surface area contributed by atoms with Gasteiger partial charge in [0.15, 0.2) is 6.61 Å². The topological polar surface area (TPSA) is 105 Å². The number of carbonyl (C=O) groups is 2. The van der Waals surface area contributed by atoms with E-state index in [0.717, 1.165) is 0 Å². The van der Waals surface area contributed by atoms with E-state index in [1.54, 1.807) is 29.2 Å². The van der Waals surface area contributed by atoms with Gasteiger partial charge in [-0.15, -0.1) is 0 Å². The van der Waals surface area contributed by atoms with Gasteiger partial charge in [-0.05, 0) is 24.3 Å². The van der Waals surface area contributed by atoms with Crippen LogP contribution >= 0.6 is 11.6 Å². The number of methoxy groups -OCH3 is 2. The smallest absolute Gasteiger partial charge is 0.374 e. The molecule has 0 saturated carbocycles. The number of carbonyl (C=O) groups excluding carboxylic acids is 2. The van der Waals surface area contributed by atoms with Gasteiger partial charge in [0.05, 0.1) is 31.5 Å². The molecule has 0 aliphatic heterocycles. The minimum atomic E-state index is -0.758. The lowest BCUT2D eigenvalue weighted by molar-refractivity contribution is -0.119. The molecular weight excluding hydrogens is 402 g/mol. The largest absolute Gasteiger partial charge is 0.495 e. The lowest BCUT2D eigenvalue weighted by Gasteiger charge is -2.13. The number of rotatable bonds is 8. The van der Waals surface area contributed by atoms with E-state index in [1.807, 2.05) is 0 Å². The fraction of sp³-hybridized carbons (Fsp3) is 0.211. The molecular formula is C19H18ClN3O6. The van der Waals surface area contributed by atoms with Gasteiger partial charge in [-0.3, -0.25) is 9.48 Å². The summed E-state index contributed by atoms with van der Waals surface area (Å²) in [6.07, 6.45) is 3.41. The Hall–Kier alpha value is -3.46. The molecule has 0 unspecified atom stereocenters. The normalized spacial score (nSPS) is 10.4. The summed E-state index contributed by atoms with van der Waals surface area (Å²) in [5.74, 6) is -0.0579. The van der Waals surface area contributed by atoms with Crippen LogP contribution in [0.4, 0.5) is 5.69 Å². The van der Waals surface area contributed by atoms with Gasteiger partial charge in [-0.1, -0.05) is 11.6 Å². The molecule has 2 aromatic heterocycles. The van der Waals surface area contributed by atoms with E-state index in [4.69, 9.17) is 30.2 Å². The van der Waals surface area contributed by atoms with Crippen LogP contribution in [0.15, 0.2) is 47.1 Å². The van der Waals surface area contributed by atoms with Gasteiger partial charge in [0.2, 0.25) is 5.76 Å². The van der Waals surface area contributed by atoms with E-state index in [1.165, 1.54) is 32.4 Å². The van der Waals surface area contributed by atoms with Crippen molar-refractivity contribution in [3.05, 3.63) is 59.3 Å². The third-order valence-electron chi connectivity index (χ3n) is 3.82. The van der Waals surface area contributed by atoms with Crippen molar-refractivity contribution in [2.75, 3.05) is 26.1 Å². The Labute approximate surface area is 171 Å². The van der Waals surface area contributed by atoms with Crippen LogP contribution in [0.3, 0.4) is 0 Å². The average molecular weight is 420 g/mol. The van der Waals surface area contributed by atoms with Crippen molar-refractivity contribution in [2.45, 2.75) is 6.54 Å². The maximum atomic E-state index is 12.1. The summed E-state index contributed by atoms with van der Waals surface area (Å²) >= 11 is 6.07. The Morgan fingerprint density at radius 2 is 2.00 bits per heavy atom. The zero-order valence-corrected chi connectivity index (χ0v) is 16.4. The summed E-state index contributed by atoms with van der Waals surface area (Å²) in [4.78, 5) is 24.2. The number of aromatic nitrogens is 2. The van der Waals surface area contributed by atoms with Gasteiger partial charge in [0.1, 0.15) is 17.3 Å². The first-order chi connectivity index (χ1) is 14.0. The maximum Gasteiger partial charge on any atom is 0.374 e. The van der Waals surface area contributed by atoms with Crippen LogP contribution in [-0.4, -0.2) is 42.5 Å². The zero-order valence-electron chi connectivity index (χ0n) is 15.7. The number of ether oxygens (including phenoxy) is 3. The number of esters is 1. The predicted octanol–water partition coefficient (Wildman–Crippen LogP) is 2.99. The monoisotopic (exact) mass is 419 g/mol. The standard InChI is InChI=1S/C19H18ClN3O6/c1-26-16-9-17(27-2)14(8-13(16)20)22-18(24)11-28-19(25)15-5-4-12(29-15)10-23-7-3-6-21-23/h3-9H,10-11H2,1-2H3,(H,22,24). The average Bonchev–Trinajstić information content (AvgIpc) is 3.39. The second kappa shape index (κ2) is 9.16. The number of anilines is 1. The van der Waals surface area contributed by atoms with Gasteiger partial charge in [-0.25, -0.2) is 4.79 Å². The predicted molar refractivity (Wildman–Crippen MR) is 104 cm³/mol. The van der Waals surface area contributed by atoms with Gasteiger partial charge >= 0.3 is 5.97 Å². The Morgan fingerprint density at radius 1 is 1.21 bits per heavy atom. The highest BCUT2D eigenvalue weighted by Gasteiger charge is 2.17. The molecule has 152 valence electrons. The van der Waals surface area contributed by atoms with Crippen LogP contribution in [-0.2, 0) is 16.1 Å². The van der Waals surface area contributed by atoms with Crippen molar-refractivity contribution in [3.8, 4) is 11.5 Å². The number of hydrogen-bond acceptors (Lipinski definition) is 7. The Kier molecular flexibility index (Phi) is 6.40. The molecule has 0 radical (unpaired) electrons. The second-order valence-corrected chi connectivity index (χ2v) is 6.19. The summed E-state index contributed by atoms with van der Waals surface area (Å²) < 4.78 is 22.4. The lowest BCUT2D eigenvalue weighted by atomic mass is 10.2. The summed E-state index contributed by atoms with van der Waals surface area (Å²) in [5.41, 5.74) is 0.318. The van der Waals surface area contributed by atoms with E-state index in [0.29, 0.717) is 34.5 Å². The Balaban J connectivity index is 1.56. The molecule has 1 N–H and O–H groups in total. The third kappa shape index (κ3) is 5.08. The Bertz CT molecular complexity index is 1000. The number of benzene rings is 1. The van der Waals surface area contributed by atoms with Crippen LogP contribution in [0.1, 0.15) is 16.3 Å². The SMILES string of the molecule is COc1cc(OC)c(NC(=O)COC(=O)c2ccc(Cn3cccn3)o2)cc1Cl. The van der Waals surface area contributed by atoms with E-state index >= 15 is 0 Å². The van der Waals surface area contributed by atoms with Gasteiger partial charge < -0.3 is 23.9 Å². The number of furan rings is 1. The number of nitrogens with one attached hydrogen (secondary N) is 1. The van der Waals surface area contributed by atoms with Crippen LogP contribution < -0.4 is 14.8 Å². The molecule has 1 aromatic carbocycles. The van der Waals surface area contributed by atoms with E-state index < -0.39 is 18.5 Å².